The molecule has 0 spiro atoms. The molecule has 0 saturated heterocycles. The molecule has 0 saturated carbocycles. The monoisotopic (exact) mass is 564 g/mol. The summed E-state index contributed by atoms with van der Waals surface area (Å²) < 4.78 is 13.7. The van der Waals surface area contributed by atoms with Crippen molar-refractivity contribution in [3.05, 3.63) is 108 Å². The molecule has 0 N–H and O–H groups in total. The van der Waals surface area contributed by atoms with Crippen LogP contribution in [-0.2, 0) is 26.1 Å². The van der Waals surface area contributed by atoms with Crippen molar-refractivity contribution in [2.75, 3.05) is 24.6 Å². The second-order valence-electron chi connectivity index (χ2n) is 11.0. The van der Waals surface area contributed by atoms with Crippen LogP contribution >= 0.6 is 0 Å². The third-order valence-corrected chi connectivity index (χ3v) is 7.75. The third kappa shape index (κ3) is 6.32. The van der Waals surface area contributed by atoms with Gasteiger partial charge >= 0.3 is 0 Å². The van der Waals surface area contributed by atoms with E-state index in [1.165, 1.54) is 17.2 Å². The Bertz CT molecular complexity index is 1640. The van der Waals surface area contributed by atoms with Gasteiger partial charge in [-0.3, -0.25) is 9.80 Å². The second-order valence-corrected chi connectivity index (χ2v) is 11.0. The van der Waals surface area contributed by atoms with E-state index in [1.807, 2.05) is 29.3 Å². The summed E-state index contributed by atoms with van der Waals surface area (Å²) in [4.78, 5) is 15.3. The lowest BCUT2D eigenvalue weighted by Gasteiger charge is -2.31. The largest absolute Gasteiger partial charge is 0.297 e. The normalized spacial score (nSPS) is 13.5. The van der Waals surface area contributed by atoms with Crippen molar-refractivity contribution in [2.45, 2.75) is 52.7 Å². The predicted octanol–water partition coefficient (Wildman–Crippen LogP) is 6.14. The smallest absolute Gasteiger partial charge is 0.123 e. The van der Waals surface area contributed by atoms with Gasteiger partial charge in [0.15, 0.2) is 0 Å². The maximum Gasteiger partial charge on any atom is 0.123 e. The molecular weight excluding hydrogens is 527 g/mol. The van der Waals surface area contributed by atoms with Gasteiger partial charge in [-0.25, -0.2) is 19.4 Å². The Morgan fingerprint density at radius 1 is 0.929 bits per heavy atom. The van der Waals surface area contributed by atoms with Crippen LogP contribution in [0.1, 0.15) is 49.1 Å². The lowest BCUT2D eigenvalue weighted by atomic mass is 9.98. The fourth-order valence-electron chi connectivity index (χ4n) is 5.84. The number of hydrogen-bond donors (Lipinski definition) is 0. The van der Waals surface area contributed by atoms with Crippen LogP contribution in [0.2, 0.25) is 0 Å². The van der Waals surface area contributed by atoms with Gasteiger partial charge in [-0.2, -0.15) is 4.79 Å². The highest BCUT2D eigenvalue weighted by atomic mass is 19.1. The van der Waals surface area contributed by atoms with E-state index < -0.39 is 0 Å². The molecule has 0 bridgehead atoms. The van der Waals surface area contributed by atoms with Crippen molar-refractivity contribution in [1.29, 1.82) is 0 Å². The van der Waals surface area contributed by atoms with Gasteiger partial charge in [-0.1, -0.05) is 32.0 Å². The molecule has 6 rings (SSSR count). The van der Waals surface area contributed by atoms with Crippen molar-refractivity contribution < 1.29 is 4.39 Å². The van der Waals surface area contributed by atoms with Crippen molar-refractivity contribution >= 4 is 22.3 Å². The van der Waals surface area contributed by atoms with E-state index in [0.717, 1.165) is 92.1 Å². The second kappa shape index (κ2) is 12.8. The molecule has 9 heteroatoms. The van der Waals surface area contributed by atoms with Gasteiger partial charge in [0.05, 0.1) is 28.8 Å². The summed E-state index contributed by atoms with van der Waals surface area (Å²) in [5.41, 5.74) is 7.41. The zero-order valence-corrected chi connectivity index (χ0v) is 24.3. The Balaban J connectivity index is 1.30. The van der Waals surface area contributed by atoms with E-state index in [2.05, 4.69) is 79.3 Å². The number of anilines is 2. The van der Waals surface area contributed by atoms with Gasteiger partial charge in [0, 0.05) is 37.8 Å². The van der Waals surface area contributed by atoms with Gasteiger partial charge in [-0.15, -0.1) is 5.10 Å². The van der Waals surface area contributed by atoms with Gasteiger partial charge < -0.3 is 0 Å². The lowest BCUT2D eigenvalue weighted by Crippen LogP contribution is -2.31. The number of hydrogen-bond acceptors (Lipinski definition) is 7. The van der Waals surface area contributed by atoms with E-state index in [-0.39, 0.29) is 5.82 Å². The highest BCUT2D eigenvalue weighted by molar-refractivity contribution is 5.83. The Labute approximate surface area is 246 Å². The van der Waals surface area contributed by atoms with E-state index in [1.54, 1.807) is 18.5 Å². The lowest BCUT2D eigenvalue weighted by molar-refractivity contribution is 0.245. The van der Waals surface area contributed by atoms with Crippen molar-refractivity contribution in [2.24, 2.45) is 0 Å². The SMILES string of the molecule is CCCN(CCC)Cc1cn(N(c2ccc3c(c2)CCN(Cc2cccc(F)c2)C3)c2ccc3ncncc3c2)nn1. The first-order valence-corrected chi connectivity index (χ1v) is 14.8. The average Bonchev–Trinajstić information content (AvgIpc) is 3.45. The molecule has 0 unspecified atom stereocenters. The Hall–Kier alpha value is -4.21. The van der Waals surface area contributed by atoms with Crippen LogP contribution in [0.3, 0.4) is 0 Å². The minimum Gasteiger partial charge on any atom is -0.297 e. The van der Waals surface area contributed by atoms with Crippen molar-refractivity contribution in [3.8, 4) is 0 Å². The van der Waals surface area contributed by atoms with Crippen LogP contribution < -0.4 is 5.01 Å². The summed E-state index contributed by atoms with van der Waals surface area (Å²) in [5.74, 6) is -0.186. The highest BCUT2D eigenvalue weighted by Crippen LogP contribution is 2.32. The molecule has 1 aliphatic heterocycles. The van der Waals surface area contributed by atoms with E-state index >= 15 is 0 Å². The van der Waals surface area contributed by atoms with Gasteiger partial charge in [0.2, 0.25) is 0 Å². The van der Waals surface area contributed by atoms with Crippen LogP contribution in [0.25, 0.3) is 10.9 Å². The first-order valence-electron chi connectivity index (χ1n) is 14.8. The van der Waals surface area contributed by atoms with Gasteiger partial charge in [0.1, 0.15) is 12.1 Å². The molecule has 2 aromatic heterocycles. The fraction of sp³-hybridized carbons (Fsp3) is 0.333. The fourth-order valence-corrected chi connectivity index (χ4v) is 5.84. The quantitative estimate of drug-likeness (QED) is 0.191. The molecule has 5 aromatic rings. The molecular formula is C33H37FN8. The zero-order chi connectivity index (χ0) is 28.9. The van der Waals surface area contributed by atoms with Crippen LogP contribution in [-0.4, -0.2) is 54.5 Å². The number of rotatable bonds is 11. The van der Waals surface area contributed by atoms with Crippen LogP contribution in [0.4, 0.5) is 15.8 Å². The Morgan fingerprint density at radius 2 is 1.76 bits per heavy atom. The average molecular weight is 565 g/mol. The number of aromatic nitrogens is 5. The topological polar surface area (TPSA) is 66.2 Å². The van der Waals surface area contributed by atoms with Gasteiger partial charge in [0.25, 0.3) is 0 Å². The van der Waals surface area contributed by atoms with Gasteiger partial charge in [-0.05, 0) is 96.7 Å². The van der Waals surface area contributed by atoms with Crippen LogP contribution in [0.15, 0.2) is 79.4 Å². The summed E-state index contributed by atoms with van der Waals surface area (Å²) in [7, 11) is 0. The molecule has 3 heterocycles. The van der Waals surface area contributed by atoms with E-state index in [4.69, 9.17) is 0 Å². The standard InChI is InChI=1S/C33H37FN8/c1-3-13-39(14-4-2)22-30-23-41(38-37-30)42(32-10-11-33-28(18-32)19-35-24-36-33)31-9-8-27-21-40(15-12-26(27)17-31)20-25-6-5-7-29(34)16-25/h5-11,16-19,23-24H,3-4,12-15,20-22H2,1-2H3. The third-order valence-electron chi connectivity index (χ3n) is 7.75. The predicted molar refractivity (Wildman–Crippen MR) is 164 cm³/mol. The summed E-state index contributed by atoms with van der Waals surface area (Å²) >= 11 is 0. The number of nitrogens with zero attached hydrogens (tertiary/aromatic N) is 8. The highest BCUT2D eigenvalue weighted by Gasteiger charge is 2.21. The minimum atomic E-state index is -0.186. The number of benzene rings is 3. The molecule has 216 valence electrons. The molecule has 42 heavy (non-hydrogen) atoms. The van der Waals surface area contributed by atoms with Crippen molar-refractivity contribution in [1.82, 2.24) is 34.9 Å². The van der Waals surface area contributed by atoms with Crippen molar-refractivity contribution in [3.63, 3.8) is 0 Å². The maximum atomic E-state index is 13.7. The van der Waals surface area contributed by atoms with E-state index in [9.17, 15) is 4.39 Å². The number of halogens is 1. The zero-order valence-electron chi connectivity index (χ0n) is 24.3. The Morgan fingerprint density at radius 3 is 2.60 bits per heavy atom. The molecule has 0 atom stereocenters. The molecule has 0 aliphatic carbocycles. The molecule has 0 amide bonds. The Kier molecular flexibility index (Phi) is 8.48. The molecule has 3 aromatic carbocycles. The molecule has 8 nitrogen and oxygen atoms in total. The maximum absolute atomic E-state index is 13.7. The van der Waals surface area contributed by atoms with Crippen LogP contribution in [0.5, 0.6) is 0 Å². The molecule has 0 radical (unpaired) electrons. The minimum absolute atomic E-state index is 0.186. The summed E-state index contributed by atoms with van der Waals surface area (Å²) in [6.45, 7) is 9.75. The molecule has 1 aliphatic rings. The summed E-state index contributed by atoms with van der Waals surface area (Å²) in [5, 5.41) is 12.2. The summed E-state index contributed by atoms with van der Waals surface area (Å²) in [6.07, 6.45) is 8.57. The first-order chi connectivity index (χ1) is 20.6. The summed E-state index contributed by atoms with van der Waals surface area (Å²) in [6, 6.07) is 19.7. The van der Waals surface area contributed by atoms with Crippen LogP contribution in [0, 0.1) is 5.82 Å². The number of fused-ring (bicyclic) bond motifs is 2. The van der Waals surface area contributed by atoms with E-state index in [0.29, 0.717) is 0 Å². The first kappa shape index (κ1) is 27.9. The molecule has 0 fully saturated rings.